The van der Waals surface area contributed by atoms with E-state index < -0.39 is 35.6 Å². The summed E-state index contributed by atoms with van der Waals surface area (Å²) < 4.78 is 27.7. The number of carbonyl (C=O) groups excluding carboxylic acids is 2. The first-order valence-electron chi connectivity index (χ1n) is 11.7. The summed E-state index contributed by atoms with van der Waals surface area (Å²) in [5, 5.41) is 27.5. The second-order valence-corrected chi connectivity index (χ2v) is 10.5. The summed E-state index contributed by atoms with van der Waals surface area (Å²) >= 11 is 6.24. The van der Waals surface area contributed by atoms with Crippen LogP contribution in [-0.4, -0.2) is 57.9 Å². The first-order valence-corrected chi connectivity index (χ1v) is 12.0. The van der Waals surface area contributed by atoms with Gasteiger partial charge in [-0.3, -0.25) is 14.5 Å². The SMILES string of the molecule is N#CC(CC1CCNC1=O)NC(=O)C1CC2(CN1C(O)c1cc3cccc(Cl)c3[nH]1)CC(F)(F)C2. The zero-order valence-corrected chi connectivity index (χ0v) is 19.6. The van der Waals surface area contributed by atoms with Crippen LogP contribution in [0.5, 0.6) is 0 Å². The Morgan fingerprint density at radius 3 is 2.80 bits per heavy atom. The van der Waals surface area contributed by atoms with Crippen molar-refractivity contribution < 1.29 is 23.5 Å². The minimum atomic E-state index is -2.79. The van der Waals surface area contributed by atoms with Gasteiger partial charge in [0.2, 0.25) is 17.7 Å². The van der Waals surface area contributed by atoms with Crippen LogP contribution in [0.2, 0.25) is 5.02 Å². The first-order chi connectivity index (χ1) is 16.6. The van der Waals surface area contributed by atoms with Gasteiger partial charge in [-0.25, -0.2) is 8.78 Å². The molecular formula is C24H26ClF2N5O3. The molecule has 2 aromatic rings. The summed E-state index contributed by atoms with van der Waals surface area (Å²) in [5.41, 5.74) is 0.241. The van der Waals surface area contributed by atoms with Gasteiger partial charge in [0.25, 0.3) is 0 Å². The summed E-state index contributed by atoms with van der Waals surface area (Å²) in [6.07, 6.45) is -1.06. The number of halogens is 3. The van der Waals surface area contributed by atoms with Gasteiger partial charge in [0.05, 0.1) is 28.3 Å². The van der Waals surface area contributed by atoms with E-state index in [2.05, 4.69) is 15.6 Å². The van der Waals surface area contributed by atoms with Gasteiger partial charge in [-0.2, -0.15) is 5.26 Å². The number of aromatic amines is 1. The number of aromatic nitrogens is 1. The predicted octanol–water partition coefficient (Wildman–Crippen LogP) is 2.84. The van der Waals surface area contributed by atoms with Gasteiger partial charge in [0, 0.05) is 37.2 Å². The van der Waals surface area contributed by atoms with Crippen molar-refractivity contribution in [2.24, 2.45) is 11.3 Å². The van der Waals surface area contributed by atoms with E-state index in [1.165, 1.54) is 4.90 Å². The summed E-state index contributed by atoms with van der Waals surface area (Å²) in [4.78, 5) is 29.8. The molecule has 1 saturated carbocycles. The molecule has 3 aliphatic rings. The molecule has 2 amide bonds. The number of hydrogen-bond donors (Lipinski definition) is 4. The fourth-order valence-corrected chi connectivity index (χ4v) is 6.15. The lowest BCUT2D eigenvalue weighted by molar-refractivity contribution is -0.159. The number of carbonyl (C=O) groups is 2. The molecule has 186 valence electrons. The molecule has 1 aromatic heterocycles. The van der Waals surface area contributed by atoms with Gasteiger partial charge in [0.15, 0.2) is 0 Å². The van der Waals surface area contributed by atoms with Crippen LogP contribution in [0.15, 0.2) is 24.3 Å². The molecule has 1 spiro atoms. The van der Waals surface area contributed by atoms with E-state index in [1.807, 2.05) is 12.1 Å². The number of fused-ring (bicyclic) bond motifs is 1. The number of amides is 2. The maximum absolute atomic E-state index is 13.8. The number of para-hydroxylation sites is 1. The van der Waals surface area contributed by atoms with Crippen LogP contribution in [0.1, 0.15) is 44.0 Å². The lowest BCUT2D eigenvalue weighted by Crippen LogP contribution is -2.48. The Morgan fingerprint density at radius 1 is 1.40 bits per heavy atom. The van der Waals surface area contributed by atoms with Gasteiger partial charge in [-0.1, -0.05) is 23.7 Å². The maximum atomic E-state index is 13.8. The van der Waals surface area contributed by atoms with Crippen molar-refractivity contribution in [2.75, 3.05) is 13.1 Å². The van der Waals surface area contributed by atoms with Crippen LogP contribution in [-0.2, 0) is 9.59 Å². The second-order valence-electron chi connectivity index (χ2n) is 10.1. The zero-order valence-electron chi connectivity index (χ0n) is 18.9. The van der Waals surface area contributed by atoms with E-state index in [1.54, 1.807) is 18.2 Å². The number of nitriles is 1. The van der Waals surface area contributed by atoms with Crippen LogP contribution >= 0.6 is 11.6 Å². The van der Waals surface area contributed by atoms with E-state index in [9.17, 15) is 28.7 Å². The standard InChI is InChI=1S/C24H26ClF2N5O3/c25-16-3-1-2-13-7-17(31-19(13)16)22(35)32-12-23(10-24(26,27)11-23)8-18(32)21(34)30-15(9-28)6-14-4-5-29-20(14)33/h1-3,7,14-15,18,22,31,35H,4-6,8,10-12H2,(H,29,33)(H,30,34). The first kappa shape index (κ1) is 24.0. The molecule has 2 saturated heterocycles. The third-order valence-electron chi connectivity index (χ3n) is 7.49. The van der Waals surface area contributed by atoms with Crippen molar-refractivity contribution in [3.63, 3.8) is 0 Å². The van der Waals surface area contributed by atoms with Crippen molar-refractivity contribution in [3.05, 3.63) is 35.0 Å². The lowest BCUT2D eigenvalue weighted by atomic mass is 9.65. The summed E-state index contributed by atoms with van der Waals surface area (Å²) in [6, 6.07) is 7.26. The van der Waals surface area contributed by atoms with Crippen molar-refractivity contribution >= 4 is 34.3 Å². The highest BCUT2D eigenvalue weighted by molar-refractivity contribution is 6.35. The molecule has 35 heavy (non-hydrogen) atoms. The van der Waals surface area contributed by atoms with Gasteiger partial charge >= 0.3 is 0 Å². The molecule has 4 atom stereocenters. The van der Waals surface area contributed by atoms with E-state index in [4.69, 9.17) is 11.6 Å². The van der Waals surface area contributed by atoms with Crippen LogP contribution < -0.4 is 10.6 Å². The van der Waals surface area contributed by atoms with Crippen LogP contribution in [0, 0.1) is 22.7 Å². The Balaban J connectivity index is 1.37. The number of aliphatic hydroxyl groups excluding tert-OH is 1. The number of alkyl halides is 2. The van der Waals surface area contributed by atoms with Crippen molar-refractivity contribution in [1.29, 1.82) is 5.26 Å². The van der Waals surface area contributed by atoms with Gasteiger partial charge in [-0.15, -0.1) is 0 Å². The molecule has 0 bridgehead atoms. The molecule has 1 aliphatic carbocycles. The number of aliphatic hydroxyl groups is 1. The minimum Gasteiger partial charge on any atom is -0.372 e. The number of likely N-dealkylation sites (tertiary alicyclic amines) is 1. The Hall–Kier alpha value is -2.74. The van der Waals surface area contributed by atoms with Crippen molar-refractivity contribution in [3.8, 4) is 6.07 Å². The van der Waals surface area contributed by atoms with Gasteiger partial charge in [0.1, 0.15) is 12.3 Å². The van der Waals surface area contributed by atoms with Crippen molar-refractivity contribution in [2.45, 2.75) is 56.3 Å². The molecule has 5 rings (SSSR count). The summed E-state index contributed by atoms with van der Waals surface area (Å²) in [5.74, 6) is -3.82. The van der Waals surface area contributed by atoms with Crippen LogP contribution in [0.4, 0.5) is 8.78 Å². The highest BCUT2D eigenvalue weighted by Crippen LogP contribution is 2.59. The molecule has 3 heterocycles. The fraction of sp³-hybridized carbons (Fsp3) is 0.542. The van der Waals surface area contributed by atoms with E-state index >= 15 is 0 Å². The van der Waals surface area contributed by atoms with Gasteiger partial charge in [-0.05, 0) is 36.8 Å². The monoisotopic (exact) mass is 505 g/mol. The third-order valence-corrected chi connectivity index (χ3v) is 7.80. The quantitative estimate of drug-likeness (QED) is 0.481. The van der Waals surface area contributed by atoms with Gasteiger partial charge < -0.3 is 20.7 Å². The summed E-state index contributed by atoms with van der Waals surface area (Å²) in [6.45, 7) is 0.649. The topological polar surface area (TPSA) is 121 Å². The molecule has 4 unspecified atom stereocenters. The Morgan fingerprint density at radius 2 is 2.17 bits per heavy atom. The van der Waals surface area contributed by atoms with Crippen molar-refractivity contribution in [1.82, 2.24) is 20.5 Å². The van der Waals surface area contributed by atoms with Crippen LogP contribution in [0.3, 0.4) is 0 Å². The molecule has 11 heteroatoms. The molecule has 2 aliphatic heterocycles. The second kappa shape index (κ2) is 8.73. The molecule has 3 fully saturated rings. The minimum absolute atomic E-state index is 0.118. The smallest absolute Gasteiger partial charge is 0.249 e. The molecular weight excluding hydrogens is 480 g/mol. The number of H-pyrrole nitrogens is 1. The van der Waals surface area contributed by atoms with E-state index in [0.717, 1.165) is 5.39 Å². The third kappa shape index (κ3) is 4.48. The molecule has 4 N–H and O–H groups in total. The summed E-state index contributed by atoms with van der Waals surface area (Å²) in [7, 11) is 0. The lowest BCUT2D eigenvalue weighted by Gasteiger charge is -2.45. The highest BCUT2D eigenvalue weighted by Gasteiger charge is 2.62. The number of rotatable bonds is 6. The molecule has 0 radical (unpaired) electrons. The predicted molar refractivity (Wildman–Crippen MR) is 123 cm³/mol. The molecule has 8 nitrogen and oxygen atoms in total. The maximum Gasteiger partial charge on any atom is 0.249 e. The number of benzene rings is 1. The van der Waals surface area contributed by atoms with E-state index in [0.29, 0.717) is 29.2 Å². The number of nitrogens with zero attached hydrogens (tertiary/aromatic N) is 2. The van der Waals surface area contributed by atoms with Crippen LogP contribution in [0.25, 0.3) is 10.9 Å². The Labute approximate surface area is 205 Å². The number of nitrogens with one attached hydrogen (secondary N) is 3. The average Bonchev–Trinajstić information content (AvgIpc) is 3.50. The highest BCUT2D eigenvalue weighted by atomic mass is 35.5. The van der Waals surface area contributed by atoms with E-state index in [-0.39, 0.29) is 44.1 Å². The largest absolute Gasteiger partial charge is 0.372 e. The zero-order chi connectivity index (χ0) is 25.0. The fourth-order valence-electron chi connectivity index (χ4n) is 5.92. The average molecular weight is 506 g/mol. The normalized spacial score (nSPS) is 26.8. The molecule has 1 aromatic carbocycles. The Kier molecular flexibility index (Phi) is 5.98. The number of hydrogen-bond acceptors (Lipinski definition) is 5. The Bertz CT molecular complexity index is 1200.